The molecule has 0 radical (unpaired) electrons. The van der Waals surface area contributed by atoms with Crippen LogP contribution in [0, 0.1) is 5.82 Å². The van der Waals surface area contributed by atoms with E-state index in [1.165, 1.54) is 19.2 Å². The van der Waals surface area contributed by atoms with Crippen molar-refractivity contribution in [1.29, 1.82) is 0 Å². The van der Waals surface area contributed by atoms with E-state index in [4.69, 9.17) is 9.47 Å². The van der Waals surface area contributed by atoms with Gasteiger partial charge in [0.25, 0.3) is 0 Å². The van der Waals surface area contributed by atoms with Crippen molar-refractivity contribution in [3.8, 4) is 11.5 Å². The Kier molecular flexibility index (Phi) is 4.03. The number of rotatable bonds is 3. The number of hydrogen-bond acceptors (Lipinski definition) is 4. The summed E-state index contributed by atoms with van der Waals surface area (Å²) in [7, 11) is 1.41. The Morgan fingerprint density at radius 3 is 2.90 bits per heavy atom. The van der Waals surface area contributed by atoms with E-state index >= 15 is 0 Å². The highest BCUT2D eigenvalue weighted by Gasteiger charge is 2.28. The minimum Gasteiger partial charge on any atom is -0.494 e. The molecule has 0 saturated heterocycles. The standard InChI is InChI=1S/C16H15FO3S/c1-19-12-7-6-10(8-11(12)17)16(18)14-9-21-15-5-3-2-4-13(15)20-14/h2-8,14,16,18H,9H2,1H3. The summed E-state index contributed by atoms with van der Waals surface area (Å²) in [5, 5.41) is 10.4. The number of ether oxygens (including phenoxy) is 2. The van der Waals surface area contributed by atoms with Crippen LogP contribution in [-0.2, 0) is 0 Å². The number of aliphatic hydroxyl groups excluding tert-OH is 1. The summed E-state index contributed by atoms with van der Waals surface area (Å²) in [5.41, 5.74) is 0.485. The highest BCUT2D eigenvalue weighted by molar-refractivity contribution is 7.99. The first-order valence-corrected chi connectivity index (χ1v) is 7.57. The molecule has 0 bridgehead atoms. The van der Waals surface area contributed by atoms with Crippen molar-refractivity contribution < 1.29 is 19.0 Å². The molecule has 21 heavy (non-hydrogen) atoms. The van der Waals surface area contributed by atoms with Crippen LogP contribution in [0.4, 0.5) is 4.39 Å². The van der Waals surface area contributed by atoms with E-state index in [2.05, 4.69) is 0 Å². The number of para-hydroxylation sites is 1. The SMILES string of the molecule is COc1ccc(C(O)C2CSc3ccccc3O2)cc1F. The van der Waals surface area contributed by atoms with Gasteiger partial charge in [-0.1, -0.05) is 18.2 Å². The normalized spacial score (nSPS) is 18.5. The fourth-order valence-corrected chi connectivity index (χ4v) is 3.30. The molecule has 2 aromatic rings. The molecule has 110 valence electrons. The van der Waals surface area contributed by atoms with E-state index < -0.39 is 18.0 Å². The topological polar surface area (TPSA) is 38.7 Å². The molecule has 3 nitrogen and oxygen atoms in total. The third-order valence-corrected chi connectivity index (χ3v) is 4.54. The van der Waals surface area contributed by atoms with Gasteiger partial charge < -0.3 is 14.6 Å². The first kappa shape index (κ1) is 14.2. The number of methoxy groups -OCH3 is 1. The third-order valence-electron chi connectivity index (χ3n) is 3.40. The van der Waals surface area contributed by atoms with Gasteiger partial charge in [0.1, 0.15) is 18.0 Å². The number of halogens is 1. The molecule has 2 aromatic carbocycles. The minimum absolute atomic E-state index is 0.162. The average molecular weight is 306 g/mol. The second kappa shape index (κ2) is 5.95. The number of benzene rings is 2. The molecule has 5 heteroatoms. The molecule has 1 heterocycles. The maximum absolute atomic E-state index is 13.7. The van der Waals surface area contributed by atoms with Crippen LogP contribution >= 0.6 is 11.8 Å². The second-order valence-electron chi connectivity index (χ2n) is 4.75. The zero-order valence-corrected chi connectivity index (χ0v) is 12.3. The second-order valence-corrected chi connectivity index (χ2v) is 5.81. The Bertz CT molecular complexity index is 647. The Morgan fingerprint density at radius 2 is 2.14 bits per heavy atom. The average Bonchev–Trinajstić information content (AvgIpc) is 2.53. The van der Waals surface area contributed by atoms with E-state index in [0.717, 1.165) is 10.6 Å². The lowest BCUT2D eigenvalue weighted by Crippen LogP contribution is -2.30. The fraction of sp³-hybridized carbons (Fsp3) is 0.250. The van der Waals surface area contributed by atoms with Crippen LogP contribution in [0.5, 0.6) is 11.5 Å². The van der Waals surface area contributed by atoms with Gasteiger partial charge in [-0.05, 0) is 29.8 Å². The first-order chi connectivity index (χ1) is 10.2. The van der Waals surface area contributed by atoms with Crippen molar-refractivity contribution in [2.75, 3.05) is 12.9 Å². The predicted octanol–water partition coefficient (Wildman–Crippen LogP) is 3.42. The Morgan fingerprint density at radius 1 is 1.33 bits per heavy atom. The van der Waals surface area contributed by atoms with Crippen LogP contribution in [0.3, 0.4) is 0 Å². The molecule has 0 aliphatic carbocycles. The summed E-state index contributed by atoms with van der Waals surface area (Å²) in [6, 6.07) is 12.1. The quantitative estimate of drug-likeness (QED) is 0.943. The predicted molar refractivity (Wildman–Crippen MR) is 79.5 cm³/mol. The van der Waals surface area contributed by atoms with Gasteiger partial charge in [0.05, 0.1) is 7.11 Å². The van der Waals surface area contributed by atoms with E-state index in [-0.39, 0.29) is 5.75 Å². The molecule has 1 aliphatic heterocycles. The third kappa shape index (κ3) is 2.84. The Labute approximate surface area is 126 Å². The van der Waals surface area contributed by atoms with E-state index in [9.17, 15) is 9.50 Å². The van der Waals surface area contributed by atoms with Crippen molar-refractivity contribution in [2.24, 2.45) is 0 Å². The maximum atomic E-state index is 13.7. The molecule has 2 atom stereocenters. The fourth-order valence-electron chi connectivity index (χ4n) is 2.27. The van der Waals surface area contributed by atoms with Gasteiger partial charge in [0.15, 0.2) is 11.6 Å². The molecule has 3 rings (SSSR count). The number of thioether (sulfide) groups is 1. The molecular formula is C16H15FO3S. The van der Waals surface area contributed by atoms with Crippen molar-refractivity contribution in [2.45, 2.75) is 17.1 Å². The molecule has 0 spiro atoms. The number of aliphatic hydroxyl groups is 1. The van der Waals surface area contributed by atoms with Gasteiger partial charge in [0.2, 0.25) is 0 Å². The minimum atomic E-state index is -0.883. The van der Waals surface area contributed by atoms with Gasteiger partial charge in [-0.15, -0.1) is 11.8 Å². The molecule has 0 fully saturated rings. The van der Waals surface area contributed by atoms with Crippen molar-refractivity contribution in [1.82, 2.24) is 0 Å². The van der Waals surface area contributed by atoms with Gasteiger partial charge in [-0.2, -0.15) is 0 Å². The smallest absolute Gasteiger partial charge is 0.165 e. The van der Waals surface area contributed by atoms with Crippen molar-refractivity contribution in [3.05, 3.63) is 53.8 Å². The van der Waals surface area contributed by atoms with Gasteiger partial charge >= 0.3 is 0 Å². The number of fused-ring (bicyclic) bond motifs is 1. The highest BCUT2D eigenvalue weighted by atomic mass is 32.2. The maximum Gasteiger partial charge on any atom is 0.165 e. The van der Waals surface area contributed by atoms with Crippen LogP contribution in [0.25, 0.3) is 0 Å². The molecule has 0 amide bonds. The highest BCUT2D eigenvalue weighted by Crippen LogP contribution is 2.38. The summed E-state index contributed by atoms with van der Waals surface area (Å²) in [5.74, 6) is 1.05. The van der Waals surface area contributed by atoms with Gasteiger partial charge in [0, 0.05) is 10.6 Å². The van der Waals surface area contributed by atoms with Crippen LogP contribution in [-0.4, -0.2) is 24.1 Å². The first-order valence-electron chi connectivity index (χ1n) is 6.59. The number of hydrogen-bond donors (Lipinski definition) is 1. The molecule has 2 unspecified atom stereocenters. The lowest BCUT2D eigenvalue weighted by atomic mass is 10.0. The summed E-state index contributed by atoms with van der Waals surface area (Å²) >= 11 is 1.63. The van der Waals surface area contributed by atoms with Crippen LogP contribution in [0.1, 0.15) is 11.7 Å². The van der Waals surface area contributed by atoms with E-state index in [0.29, 0.717) is 11.3 Å². The van der Waals surface area contributed by atoms with Gasteiger partial charge in [-0.25, -0.2) is 4.39 Å². The molecular weight excluding hydrogens is 291 g/mol. The lowest BCUT2D eigenvalue weighted by Gasteiger charge is -2.29. The molecule has 1 aliphatic rings. The summed E-state index contributed by atoms with van der Waals surface area (Å²) in [4.78, 5) is 1.06. The zero-order valence-electron chi connectivity index (χ0n) is 11.5. The molecule has 0 aromatic heterocycles. The van der Waals surface area contributed by atoms with Crippen LogP contribution < -0.4 is 9.47 Å². The Balaban J connectivity index is 1.80. The van der Waals surface area contributed by atoms with Crippen molar-refractivity contribution >= 4 is 11.8 Å². The summed E-state index contributed by atoms with van der Waals surface area (Å²) in [6.45, 7) is 0. The van der Waals surface area contributed by atoms with E-state index in [1.807, 2.05) is 24.3 Å². The van der Waals surface area contributed by atoms with Crippen LogP contribution in [0.2, 0.25) is 0 Å². The monoisotopic (exact) mass is 306 g/mol. The largest absolute Gasteiger partial charge is 0.494 e. The van der Waals surface area contributed by atoms with E-state index in [1.54, 1.807) is 17.8 Å². The molecule has 0 saturated carbocycles. The Hall–Kier alpha value is -1.72. The molecule has 1 N–H and O–H groups in total. The van der Waals surface area contributed by atoms with Crippen LogP contribution in [0.15, 0.2) is 47.4 Å². The zero-order chi connectivity index (χ0) is 14.8. The van der Waals surface area contributed by atoms with Crippen molar-refractivity contribution in [3.63, 3.8) is 0 Å². The lowest BCUT2D eigenvalue weighted by molar-refractivity contribution is 0.0455. The van der Waals surface area contributed by atoms with Gasteiger partial charge in [-0.3, -0.25) is 0 Å². The summed E-state index contributed by atoms with van der Waals surface area (Å²) < 4.78 is 24.4. The summed E-state index contributed by atoms with van der Waals surface area (Å²) in [6.07, 6.45) is -1.29.